The first-order chi connectivity index (χ1) is 10.1. The number of nitrogens with zero attached hydrogens (tertiary/aromatic N) is 1. The molecule has 2 atom stereocenters. The summed E-state index contributed by atoms with van der Waals surface area (Å²) in [6.45, 7) is -1.23. The van der Waals surface area contributed by atoms with Crippen LogP contribution in [0.25, 0.3) is 0 Å². The minimum absolute atomic E-state index is 0.000154. The Morgan fingerprint density at radius 2 is 1.86 bits per heavy atom. The molecule has 1 aliphatic heterocycles. The van der Waals surface area contributed by atoms with Crippen LogP contribution in [0.5, 0.6) is 0 Å². The van der Waals surface area contributed by atoms with Crippen LogP contribution < -0.4 is 0 Å². The van der Waals surface area contributed by atoms with E-state index in [-0.39, 0.29) is 15.6 Å². The highest BCUT2D eigenvalue weighted by atomic mass is 35.5. The molecular weight excluding hydrogens is 346 g/mol. The number of carboxylic acids is 1. The van der Waals surface area contributed by atoms with E-state index in [1.807, 2.05) is 0 Å². The monoisotopic (exact) mass is 355 g/mol. The molecule has 0 saturated carbocycles. The molecule has 1 aliphatic rings. The maximum Gasteiger partial charge on any atom is 0.394 e. The highest BCUT2D eigenvalue weighted by Crippen LogP contribution is 2.38. The molecular formula is C13H10Cl2F3NO3. The Hall–Kier alpha value is -1.47. The van der Waals surface area contributed by atoms with Crippen molar-refractivity contribution in [1.29, 1.82) is 0 Å². The third-order valence-corrected chi connectivity index (χ3v) is 4.05. The van der Waals surface area contributed by atoms with Crippen molar-refractivity contribution < 1.29 is 27.9 Å². The van der Waals surface area contributed by atoms with Crippen LogP contribution in [0, 0.1) is 11.8 Å². The van der Waals surface area contributed by atoms with Gasteiger partial charge in [0.05, 0.1) is 22.4 Å². The highest BCUT2D eigenvalue weighted by Gasteiger charge is 2.53. The summed E-state index contributed by atoms with van der Waals surface area (Å²) in [5.41, 5.74) is -0.0157. The lowest BCUT2D eigenvalue weighted by Gasteiger charge is -2.18. The number of aliphatic carboxylic acids is 1. The fraction of sp³-hybridized carbons (Fsp3) is 0.385. The van der Waals surface area contributed by atoms with Crippen molar-refractivity contribution >= 4 is 35.1 Å². The van der Waals surface area contributed by atoms with Gasteiger partial charge in [0.25, 0.3) is 5.91 Å². The average molecular weight is 356 g/mol. The van der Waals surface area contributed by atoms with Gasteiger partial charge >= 0.3 is 12.1 Å². The molecule has 22 heavy (non-hydrogen) atoms. The topological polar surface area (TPSA) is 57.6 Å². The molecule has 2 rings (SSSR count). The average Bonchev–Trinajstić information content (AvgIpc) is 2.83. The third kappa shape index (κ3) is 3.30. The molecule has 1 amide bonds. The Morgan fingerprint density at radius 3 is 2.32 bits per heavy atom. The second-order valence-electron chi connectivity index (χ2n) is 4.93. The molecule has 9 heteroatoms. The first kappa shape index (κ1) is 16.9. The molecule has 0 radical (unpaired) electrons. The summed E-state index contributed by atoms with van der Waals surface area (Å²) in [7, 11) is 0. The Bertz CT molecular complexity index is 621. The number of carboxylic acid groups (broad SMARTS) is 1. The van der Waals surface area contributed by atoms with Gasteiger partial charge in [-0.05, 0) is 18.2 Å². The van der Waals surface area contributed by atoms with E-state index in [9.17, 15) is 22.8 Å². The van der Waals surface area contributed by atoms with Gasteiger partial charge in [0, 0.05) is 18.1 Å². The summed E-state index contributed by atoms with van der Waals surface area (Å²) in [5, 5.41) is 9.20. The number of carbonyl (C=O) groups is 2. The molecule has 0 spiro atoms. The van der Waals surface area contributed by atoms with Crippen LogP contribution in [0.3, 0.4) is 0 Å². The molecule has 1 fully saturated rings. The van der Waals surface area contributed by atoms with E-state index in [0.29, 0.717) is 0 Å². The van der Waals surface area contributed by atoms with E-state index >= 15 is 0 Å². The molecule has 1 aromatic rings. The number of halogens is 5. The normalized spacial score (nSPS) is 22.0. The molecule has 1 saturated heterocycles. The second kappa shape index (κ2) is 5.96. The fourth-order valence-corrected chi connectivity index (χ4v) is 2.87. The lowest BCUT2D eigenvalue weighted by Crippen LogP contribution is -2.34. The summed E-state index contributed by atoms with van der Waals surface area (Å²) >= 11 is 11.6. The van der Waals surface area contributed by atoms with Gasteiger partial charge < -0.3 is 10.0 Å². The summed E-state index contributed by atoms with van der Waals surface area (Å²) in [6.07, 6.45) is -4.69. The van der Waals surface area contributed by atoms with Crippen molar-refractivity contribution in [3.8, 4) is 0 Å². The second-order valence-corrected chi connectivity index (χ2v) is 5.77. The molecule has 1 heterocycles. The highest BCUT2D eigenvalue weighted by molar-refractivity contribution is 6.36. The van der Waals surface area contributed by atoms with Crippen LogP contribution >= 0.6 is 23.2 Å². The fourth-order valence-electron chi connectivity index (χ4n) is 2.38. The zero-order valence-corrected chi connectivity index (χ0v) is 12.4. The van der Waals surface area contributed by atoms with Gasteiger partial charge in [0.15, 0.2) is 0 Å². The van der Waals surface area contributed by atoms with Crippen LogP contribution in [0.4, 0.5) is 13.2 Å². The van der Waals surface area contributed by atoms with Crippen LogP contribution in [-0.2, 0) is 4.79 Å². The maximum atomic E-state index is 12.9. The molecule has 0 unspecified atom stereocenters. The minimum Gasteiger partial charge on any atom is -0.481 e. The molecule has 0 aliphatic carbocycles. The number of likely N-dealkylation sites (tertiary alicyclic amines) is 1. The summed E-state index contributed by atoms with van der Waals surface area (Å²) in [5.74, 6) is -6.12. The Balaban J connectivity index is 2.27. The maximum absolute atomic E-state index is 12.9. The van der Waals surface area contributed by atoms with Crippen molar-refractivity contribution in [2.75, 3.05) is 13.1 Å². The van der Waals surface area contributed by atoms with Crippen LogP contribution in [0.15, 0.2) is 18.2 Å². The first-order valence-corrected chi connectivity index (χ1v) is 6.90. The van der Waals surface area contributed by atoms with Crippen molar-refractivity contribution in [3.05, 3.63) is 33.8 Å². The standard InChI is InChI=1S/C13H10Cl2F3NO3/c14-6-1-2-7(10(15)3-6)11(20)19-4-8(12(21)22)9(5-19)13(16,17)18/h1-3,8-9H,4-5H2,(H,21,22)/t8-,9-/m1/s1. The summed E-state index contributed by atoms with van der Waals surface area (Å²) in [6, 6.07) is 3.97. The van der Waals surface area contributed by atoms with Gasteiger partial charge in [0.1, 0.15) is 0 Å². The number of amides is 1. The van der Waals surface area contributed by atoms with E-state index in [2.05, 4.69) is 0 Å². The molecule has 120 valence electrons. The number of benzene rings is 1. The van der Waals surface area contributed by atoms with Gasteiger partial charge in [-0.2, -0.15) is 13.2 Å². The predicted molar refractivity (Wildman–Crippen MR) is 73.0 cm³/mol. The quantitative estimate of drug-likeness (QED) is 0.885. The summed E-state index contributed by atoms with van der Waals surface area (Å²) < 4.78 is 38.7. The van der Waals surface area contributed by atoms with E-state index in [1.165, 1.54) is 18.2 Å². The third-order valence-electron chi connectivity index (χ3n) is 3.51. The number of hydrogen-bond donors (Lipinski definition) is 1. The van der Waals surface area contributed by atoms with Gasteiger partial charge in [-0.25, -0.2) is 0 Å². The predicted octanol–water partition coefficient (Wildman–Crippen LogP) is 3.33. The smallest absolute Gasteiger partial charge is 0.394 e. The van der Waals surface area contributed by atoms with Crippen molar-refractivity contribution in [3.63, 3.8) is 0 Å². The Labute approximate surface area is 133 Å². The SMILES string of the molecule is O=C(O)[C@@H]1CN(C(=O)c2ccc(Cl)cc2Cl)C[C@H]1C(F)(F)F. The van der Waals surface area contributed by atoms with E-state index < -0.39 is 43.0 Å². The number of alkyl halides is 3. The van der Waals surface area contributed by atoms with Crippen LogP contribution in [-0.4, -0.2) is 41.1 Å². The van der Waals surface area contributed by atoms with E-state index in [1.54, 1.807) is 0 Å². The Kier molecular flexibility index (Phi) is 4.58. The van der Waals surface area contributed by atoms with Gasteiger partial charge in [0.2, 0.25) is 0 Å². The van der Waals surface area contributed by atoms with Gasteiger partial charge in [-0.3, -0.25) is 9.59 Å². The molecule has 1 N–H and O–H groups in total. The largest absolute Gasteiger partial charge is 0.481 e. The minimum atomic E-state index is -4.69. The molecule has 0 bridgehead atoms. The zero-order chi connectivity index (χ0) is 16.7. The molecule has 4 nitrogen and oxygen atoms in total. The van der Waals surface area contributed by atoms with E-state index in [0.717, 1.165) is 4.90 Å². The lowest BCUT2D eigenvalue weighted by molar-refractivity contribution is -0.187. The number of carbonyl (C=O) groups excluding carboxylic acids is 1. The number of rotatable bonds is 2. The zero-order valence-electron chi connectivity index (χ0n) is 10.9. The van der Waals surface area contributed by atoms with Gasteiger partial charge in [-0.1, -0.05) is 23.2 Å². The lowest BCUT2D eigenvalue weighted by atomic mass is 9.96. The van der Waals surface area contributed by atoms with Crippen LogP contribution in [0.1, 0.15) is 10.4 Å². The van der Waals surface area contributed by atoms with Crippen molar-refractivity contribution in [2.45, 2.75) is 6.18 Å². The number of hydrogen-bond acceptors (Lipinski definition) is 2. The van der Waals surface area contributed by atoms with Crippen molar-refractivity contribution in [1.82, 2.24) is 4.90 Å². The first-order valence-electron chi connectivity index (χ1n) is 6.15. The molecule has 1 aromatic carbocycles. The van der Waals surface area contributed by atoms with Crippen LogP contribution in [0.2, 0.25) is 10.0 Å². The van der Waals surface area contributed by atoms with Gasteiger partial charge in [-0.15, -0.1) is 0 Å². The van der Waals surface area contributed by atoms with Crippen molar-refractivity contribution in [2.24, 2.45) is 11.8 Å². The van der Waals surface area contributed by atoms with E-state index in [4.69, 9.17) is 28.3 Å². The molecule has 0 aromatic heterocycles. The Morgan fingerprint density at radius 1 is 1.23 bits per heavy atom. The summed E-state index contributed by atoms with van der Waals surface area (Å²) in [4.78, 5) is 24.1.